The summed E-state index contributed by atoms with van der Waals surface area (Å²) in [7, 11) is 0. The van der Waals surface area contributed by atoms with Crippen molar-refractivity contribution in [3.05, 3.63) is 40.4 Å². The summed E-state index contributed by atoms with van der Waals surface area (Å²) >= 11 is 3.40. The van der Waals surface area contributed by atoms with Gasteiger partial charge in [-0.25, -0.2) is 0 Å². The highest BCUT2D eigenvalue weighted by molar-refractivity contribution is 9.10. The van der Waals surface area contributed by atoms with Crippen LogP contribution in [0.3, 0.4) is 0 Å². The van der Waals surface area contributed by atoms with E-state index in [9.17, 15) is 4.79 Å². The molecule has 2 atom stereocenters. The molecule has 1 aromatic carbocycles. The lowest BCUT2D eigenvalue weighted by molar-refractivity contribution is -0.131. The molecule has 2 unspecified atom stereocenters. The molecule has 1 amide bonds. The molecule has 2 nitrogen and oxygen atoms in total. The molecule has 102 valence electrons. The topological polar surface area (TPSA) is 20.3 Å². The summed E-state index contributed by atoms with van der Waals surface area (Å²) in [5.41, 5.74) is 1.05. The Morgan fingerprint density at radius 3 is 2.37 bits per heavy atom. The van der Waals surface area contributed by atoms with Crippen LogP contribution in [0.15, 0.2) is 34.8 Å². The van der Waals surface area contributed by atoms with Crippen molar-refractivity contribution in [1.29, 1.82) is 0 Å². The van der Waals surface area contributed by atoms with Crippen molar-refractivity contribution < 1.29 is 4.79 Å². The van der Waals surface area contributed by atoms with E-state index in [4.69, 9.17) is 0 Å². The van der Waals surface area contributed by atoms with Gasteiger partial charge < -0.3 is 4.90 Å². The molecule has 0 aromatic heterocycles. The Kier molecular flexibility index (Phi) is 4.81. The van der Waals surface area contributed by atoms with Crippen molar-refractivity contribution in [1.82, 2.24) is 4.90 Å². The molecule has 0 aliphatic carbocycles. The second-order valence-corrected chi connectivity index (χ2v) is 6.18. The first kappa shape index (κ1) is 14.3. The molecule has 1 fully saturated rings. The smallest absolute Gasteiger partial charge is 0.247 e. The van der Waals surface area contributed by atoms with Crippen molar-refractivity contribution in [3.63, 3.8) is 0 Å². The number of nitrogens with zero attached hydrogens (tertiary/aromatic N) is 1. The third kappa shape index (κ3) is 3.69. The third-order valence-electron chi connectivity index (χ3n) is 3.74. The van der Waals surface area contributed by atoms with Gasteiger partial charge in [0, 0.05) is 22.6 Å². The number of hydrogen-bond donors (Lipinski definition) is 0. The number of carbonyl (C=O) groups is 1. The Morgan fingerprint density at radius 2 is 1.79 bits per heavy atom. The van der Waals surface area contributed by atoms with Crippen LogP contribution < -0.4 is 0 Å². The fourth-order valence-electron chi connectivity index (χ4n) is 2.68. The van der Waals surface area contributed by atoms with Gasteiger partial charge in [-0.15, -0.1) is 0 Å². The van der Waals surface area contributed by atoms with Gasteiger partial charge in [0.15, 0.2) is 0 Å². The number of rotatable bonds is 2. The summed E-state index contributed by atoms with van der Waals surface area (Å²) in [6.07, 6.45) is 7.04. The first-order valence-electron chi connectivity index (χ1n) is 6.84. The average Bonchev–Trinajstić information content (AvgIpc) is 2.38. The van der Waals surface area contributed by atoms with Gasteiger partial charge in [0.25, 0.3) is 0 Å². The maximum atomic E-state index is 12.3. The van der Waals surface area contributed by atoms with E-state index in [-0.39, 0.29) is 5.91 Å². The first-order valence-corrected chi connectivity index (χ1v) is 7.63. The monoisotopic (exact) mass is 321 g/mol. The van der Waals surface area contributed by atoms with E-state index >= 15 is 0 Å². The lowest BCUT2D eigenvalue weighted by Crippen LogP contribution is -2.46. The summed E-state index contributed by atoms with van der Waals surface area (Å²) in [5, 5.41) is 0. The molecule has 1 aromatic rings. The van der Waals surface area contributed by atoms with E-state index in [2.05, 4.69) is 29.8 Å². The standard InChI is InChI=1S/C16H20BrNO/c1-12-4-3-5-13(2)18(12)16(19)11-8-14-6-9-15(17)10-7-14/h6-13H,3-5H2,1-2H3. The van der Waals surface area contributed by atoms with Gasteiger partial charge in [0.2, 0.25) is 5.91 Å². The number of carbonyl (C=O) groups excluding carboxylic acids is 1. The van der Waals surface area contributed by atoms with Gasteiger partial charge >= 0.3 is 0 Å². The molecule has 0 radical (unpaired) electrons. The Balaban J connectivity index is 2.05. The quantitative estimate of drug-likeness (QED) is 0.745. The van der Waals surface area contributed by atoms with Crippen molar-refractivity contribution in [2.45, 2.75) is 45.2 Å². The fourth-order valence-corrected chi connectivity index (χ4v) is 2.95. The minimum absolute atomic E-state index is 0.127. The lowest BCUT2D eigenvalue weighted by Gasteiger charge is -2.38. The zero-order valence-corrected chi connectivity index (χ0v) is 13.1. The maximum absolute atomic E-state index is 12.3. The Labute approximate surface area is 123 Å². The van der Waals surface area contributed by atoms with Crippen molar-refractivity contribution in [2.24, 2.45) is 0 Å². The van der Waals surface area contributed by atoms with Gasteiger partial charge in [-0.2, -0.15) is 0 Å². The normalized spacial score (nSPS) is 23.8. The Hall–Kier alpha value is -1.09. The number of halogens is 1. The summed E-state index contributed by atoms with van der Waals surface area (Å²) in [6.45, 7) is 4.28. The zero-order valence-electron chi connectivity index (χ0n) is 11.5. The third-order valence-corrected chi connectivity index (χ3v) is 4.27. The average molecular weight is 322 g/mol. The molecule has 3 heteroatoms. The van der Waals surface area contributed by atoms with Crippen LogP contribution in [0, 0.1) is 0 Å². The van der Waals surface area contributed by atoms with E-state index in [1.807, 2.05) is 35.2 Å². The molecule has 1 aliphatic rings. The number of benzene rings is 1. The summed E-state index contributed by atoms with van der Waals surface area (Å²) in [6, 6.07) is 8.66. The van der Waals surface area contributed by atoms with E-state index in [1.165, 1.54) is 6.42 Å². The van der Waals surface area contributed by atoms with E-state index in [1.54, 1.807) is 6.08 Å². The van der Waals surface area contributed by atoms with Crippen LogP contribution >= 0.6 is 15.9 Å². The summed E-state index contributed by atoms with van der Waals surface area (Å²) in [4.78, 5) is 14.3. The molecule has 1 saturated heterocycles. The number of piperidine rings is 1. The van der Waals surface area contributed by atoms with Crippen LogP contribution in [0.1, 0.15) is 38.7 Å². The van der Waals surface area contributed by atoms with Gasteiger partial charge in [-0.1, -0.05) is 28.1 Å². The highest BCUT2D eigenvalue weighted by Gasteiger charge is 2.27. The predicted octanol–water partition coefficient (Wildman–Crippen LogP) is 4.25. The molecular formula is C16H20BrNO. The van der Waals surface area contributed by atoms with Crippen molar-refractivity contribution in [3.8, 4) is 0 Å². The second kappa shape index (κ2) is 6.38. The van der Waals surface area contributed by atoms with Crippen LogP contribution in [0.25, 0.3) is 6.08 Å². The van der Waals surface area contributed by atoms with Gasteiger partial charge in [-0.05, 0) is 56.9 Å². The highest BCUT2D eigenvalue weighted by Crippen LogP contribution is 2.23. The predicted molar refractivity (Wildman–Crippen MR) is 82.8 cm³/mol. The Bertz CT molecular complexity index is 456. The van der Waals surface area contributed by atoms with Crippen molar-refractivity contribution in [2.75, 3.05) is 0 Å². The first-order chi connectivity index (χ1) is 9.08. The van der Waals surface area contributed by atoms with Crippen LogP contribution in [0.5, 0.6) is 0 Å². The highest BCUT2D eigenvalue weighted by atomic mass is 79.9. The fraction of sp³-hybridized carbons (Fsp3) is 0.438. The second-order valence-electron chi connectivity index (χ2n) is 5.26. The van der Waals surface area contributed by atoms with E-state index < -0.39 is 0 Å². The van der Waals surface area contributed by atoms with Crippen LogP contribution in [0.4, 0.5) is 0 Å². The lowest BCUT2D eigenvalue weighted by atomic mass is 9.97. The Morgan fingerprint density at radius 1 is 1.21 bits per heavy atom. The molecule has 2 rings (SSSR count). The van der Waals surface area contributed by atoms with Crippen LogP contribution in [-0.4, -0.2) is 22.9 Å². The van der Waals surface area contributed by atoms with Gasteiger partial charge in [0.05, 0.1) is 0 Å². The molecule has 0 N–H and O–H groups in total. The molecule has 19 heavy (non-hydrogen) atoms. The number of hydrogen-bond acceptors (Lipinski definition) is 1. The minimum atomic E-state index is 0.127. The molecule has 1 aliphatic heterocycles. The van der Waals surface area contributed by atoms with Gasteiger partial charge in [0.1, 0.15) is 0 Å². The van der Waals surface area contributed by atoms with Crippen molar-refractivity contribution >= 4 is 27.9 Å². The summed E-state index contributed by atoms with van der Waals surface area (Å²) in [5.74, 6) is 0.127. The van der Waals surface area contributed by atoms with Gasteiger partial charge in [-0.3, -0.25) is 4.79 Å². The van der Waals surface area contributed by atoms with Crippen LogP contribution in [0.2, 0.25) is 0 Å². The molecule has 0 saturated carbocycles. The molecule has 1 heterocycles. The largest absolute Gasteiger partial charge is 0.334 e. The molecular weight excluding hydrogens is 302 g/mol. The van der Waals surface area contributed by atoms with Crippen LogP contribution in [-0.2, 0) is 4.79 Å². The molecule has 0 spiro atoms. The summed E-state index contributed by atoms with van der Waals surface area (Å²) < 4.78 is 1.05. The minimum Gasteiger partial charge on any atom is -0.334 e. The molecule has 0 bridgehead atoms. The maximum Gasteiger partial charge on any atom is 0.247 e. The zero-order chi connectivity index (χ0) is 13.8. The number of likely N-dealkylation sites (tertiary alicyclic amines) is 1. The van der Waals surface area contributed by atoms with E-state index in [0.717, 1.165) is 22.9 Å². The SMILES string of the molecule is CC1CCCC(C)N1C(=O)C=Cc1ccc(Br)cc1. The number of amides is 1. The van der Waals surface area contributed by atoms with E-state index in [0.29, 0.717) is 12.1 Å².